The molecule has 27 heavy (non-hydrogen) atoms. The maximum absolute atomic E-state index is 13.0. The molecule has 0 radical (unpaired) electrons. The van der Waals surface area contributed by atoms with Gasteiger partial charge in [0.1, 0.15) is 7.85 Å². The quantitative estimate of drug-likeness (QED) is 0.667. The van der Waals surface area contributed by atoms with Gasteiger partial charge < -0.3 is 10.4 Å². The average Bonchev–Trinajstić information content (AvgIpc) is 2.69. The fourth-order valence-electron chi connectivity index (χ4n) is 2.93. The molecular formula is C22H20BNO3. The highest BCUT2D eigenvalue weighted by Crippen LogP contribution is 2.23. The number of nitrogens with one attached hydrogen (secondary N) is 1. The van der Waals surface area contributed by atoms with E-state index in [1.165, 1.54) is 0 Å². The van der Waals surface area contributed by atoms with E-state index in [2.05, 4.69) is 5.32 Å². The molecule has 134 valence electrons. The number of carboxylic acids is 1. The molecule has 0 heterocycles. The maximum Gasteiger partial charge on any atom is 0.335 e. The maximum atomic E-state index is 13.0. The molecule has 4 nitrogen and oxygen atoms in total. The molecule has 0 fully saturated rings. The molecule has 3 aromatic carbocycles. The third kappa shape index (κ3) is 4.85. The van der Waals surface area contributed by atoms with Gasteiger partial charge in [0.25, 0.3) is 0 Å². The second kappa shape index (κ2) is 8.36. The average molecular weight is 357 g/mol. The van der Waals surface area contributed by atoms with Crippen LogP contribution in [0.3, 0.4) is 0 Å². The Hall–Kier alpha value is -3.34. The van der Waals surface area contributed by atoms with Crippen molar-refractivity contribution < 1.29 is 14.7 Å². The van der Waals surface area contributed by atoms with Crippen LogP contribution < -0.4 is 10.8 Å². The highest BCUT2D eigenvalue weighted by molar-refractivity contribution is 6.32. The predicted molar refractivity (Wildman–Crippen MR) is 110 cm³/mol. The summed E-state index contributed by atoms with van der Waals surface area (Å²) in [7, 11) is 2.00. The van der Waals surface area contributed by atoms with Crippen LogP contribution in [0.25, 0.3) is 0 Å². The van der Waals surface area contributed by atoms with Crippen molar-refractivity contribution in [2.45, 2.75) is 12.3 Å². The molecule has 0 unspecified atom stereocenters. The normalized spacial score (nSPS) is 11.6. The first-order valence-corrected chi connectivity index (χ1v) is 8.77. The number of carbonyl (C=O) groups is 2. The molecular weight excluding hydrogens is 337 g/mol. The summed E-state index contributed by atoms with van der Waals surface area (Å²) in [5, 5.41) is 12.0. The molecule has 0 bridgehead atoms. The summed E-state index contributed by atoms with van der Waals surface area (Å²) in [5.41, 5.74) is 3.95. The minimum Gasteiger partial charge on any atom is -0.478 e. The van der Waals surface area contributed by atoms with E-state index < -0.39 is 5.97 Å². The molecule has 0 spiro atoms. The second-order valence-electron chi connectivity index (χ2n) is 6.52. The van der Waals surface area contributed by atoms with Crippen LogP contribution in [0.2, 0.25) is 0 Å². The molecule has 0 aliphatic carbocycles. The zero-order valence-electron chi connectivity index (χ0n) is 15.1. The lowest BCUT2D eigenvalue weighted by Crippen LogP contribution is -2.23. The summed E-state index contributed by atoms with van der Waals surface area (Å²) in [6.07, 6.45) is 0.488. The number of aromatic carboxylic acids is 1. The van der Waals surface area contributed by atoms with E-state index in [9.17, 15) is 9.59 Å². The van der Waals surface area contributed by atoms with Crippen LogP contribution in [0.15, 0.2) is 78.9 Å². The fourth-order valence-corrected chi connectivity index (χ4v) is 2.93. The first kappa shape index (κ1) is 18.5. The van der Waals surface area contributed by atoms with Crippen LogP contribution in [0.4, 0.5) is 5.69 Å². The summed E-state index contributed by atoms with van der Waals surface area (Å²) >= 11 is 0. The molecule has 0 saturated heterocycles. The van der Waals surface area contributed by atoms with Gasteiger partial charge in [0.2, 0.25) is 5.91 Å². The van der Waals surface area contributed by atoms with Crippen molar-refractivity contribution in [1.82, 2.24) is 0 Å². The van der Waals surface area contributed by atoms with Crippen LogP contribution in [0, 0.1) is 0 Å². The van der Waals surface area contributed by atoms with Crippen molar-refractivity contribution in [3.63, 3.8) is 0 Å². The minimum absolute atomic E-state index is 0.0904. The molecule has 0 aromatic heterocycles. The largest absolute Gasteiger partial charge is 0.478 e. The molecule has 0 saturated carbocycles. The predicted octanol–water partition coefficient (Wildman–Crippen LogP) is 2.61. The summed E-state index contributed by atoms with van der Waals surface area (Å²) in [6.45, 7) is 0. The number of carbonyl (C=O) groups excluding carboxylic acids is 1. The Morgan fingerprint density at radius 1 is 0.889 bits per heavy atom. The lowest BCUT2D eigenvalue weighted by molar-refractivity contribution is -0.117. The molecule has 2 N–H and O–H groups in total. The highest BCUT2D eigenvalue weighted by Gasteiger charge is 2.21. The van der Waals surface area contributed by atoms with E-state index in [-0.39, 0.29) is 17.4 Å². The van der Waals surface area contributed by atoms with Crippen molar-refractivity contribution in [2.24, 2.45) is 0 Å². The Morgan fingerprint density at radius 2 is 1.52 bits per heavy atom. The van der Waals surface area contributed by atoms with Gasteiger partial charge in [-0.2, -0.15) is 0 Å². The summed E-state index contributed by atoms with van der Waals surface area (Å²) in [4.78, 5) is 24.0. The van der Waals surface area contributed by atoms with Gasteiger partial charge in [-0.25, -0.2) is 4.79 Å². The van der Waals surface area contributed by atoms with Crippen molar-refractivity contribution in [3.05, 3.63) is 95.6 Å². The minimum atomic E-state index is -0.960. The van der Waals surface area contributed by atoms with Gasteiger partial charge in [-0.3, -0.25) is 4.79 Å². The molecule has 3 aromatic rings. The Balaban J connectivity index is 1.83. The Morgan fingerprint density at radius 3 is 2.11 bits per heavy atom. The van der Waals surface area contributed by atoms with Crippen LogP contribution in [-0.4, -0.2) is 24.8 Å². The number of hydrogen-bond acceptors (Lipinski definition) is 2. The molecule has 0 aliphatic rings. The van der Waals surface area contributed by atoms with Crippen molar-refractivity contribution >= 4 is 30.9 Å². The van der Waals surface area contributed by atoms with E-state index in [4.69, 9.17) is 5.11 Å². The van der Waals surface area contributed by atoms with Crippen molar-refractivity contribution in [3.8, 4) is 0 Å². The lowest BCUT2D eigenvalue weighted by Gasteiger charge is -2.18. The molecule has 1 atom stereocenters. The van der Waals surface area contributed by atoms with Crippen LogP contribution in [-0.2, 0) is 11.2 Å². The summed E-state index contributed by atoms with van der Waals surface area (Å²) < 4.78 is 0. The van der Waals surface area contributed by atoms with Gasteiger partial charge in [-0.15, -0.1) is 0 Å². The first-order chi connectivity index (χ1) is 13.0. The number of benzene rings is 3. The Kier molecular flexibility index (Phi) is 5.72. The molecule has 3 rings (SSSR count). The zero-order valence-corrected chi connectivity index (χ0v) is 15.1. The van der Waals surface area contributed by atoms with E-state index in [0.29, 0.717) is 6.42 Å². The number of carboxylic acid groups (broad SMARTS) is 1. The third-order valence-corrected chi connectivity index (χ3v) is 4.48. The summed E-state index contributed by atoms with van der Waals surface area (Å²) in [5.74, 6) is -1.42. The first-order valence-electron chi connectivity index (χ1n) is 8.77. The van der Waals surface area contributed by atoms with Gasteiger partial charge in [-0.05, 0) is 41.8 Å². The molecule has 5 heteroatoms. The zero-order chi connectivity index (χ0) is 19.2. The van der Waals surface area contributed by atoms with Gasteiger partial charge in [0.15, 0.2) is 0 Å². The lowest BCUT2D eigenvalue weighted by atomic mass is 9.90. The van der Waals surface area contributed by atoms with Crippen molar-refractivity contribution in [1.29, 1.82) is 0 Å². The SMILES string of the molecule is Bc1ccc(NC(=O)[C@H](Cc2ccc(C(=O)O)cc2)c2ccccc2)cc1. The number of amides is 1. The van der Waals surface area contributed by atoms with Gasteiger partial charge >= 0.3 is 5.97 Å². The summed E-state index contributed by atoms with van der Waals surface area (Å²) in [6, 6.07) is 24.0. The van der Waals surface area contributed by atoms with Crippen LogP contribution in [0.1, 0.15) is 27.4 Å². The van der Waals surface area contributed by atoms with Gasteiger partial charge in [-0.1, -0.05) is 60.1 Å². The highest BCUT2D eigenvalue weighted by atomic mass is 16.4. The van der Waals surface area contributed by atoms with Gasteiger partial charge in [0.05, 0.1) is 11.5 Å². The molecule has 0 aliphatic heterocycles. The number of rotatable bonds is 6. The Bertz CT molecular complexity index is 922. The number of anilines is 1. The van der Waals surface area contributed by atoms with E-state index in [1.54, 1.807) is 24.3 Å². The van der Waals surface area contributed by atoms with Crippen molar-refractivity contribution in [2.75, 3.05) is 5.32 Å². The third-order valence-electron chi connectivity index (χ3n) is 4.48. The second-order valence-corrected chi connectivity index (χ2v) is 6.52. The smallest absolute Gasteiger partial charge is 0.335 e. The van der Waals surface area contributed by atoms with Crippen LogP contribution >= 0.6 is 0 Å². The van der Waals surface area contributed by atoms with Crippen LogP contribution in [0.5, 0.6) is 0 Å². The fraction of sp³-hybridized carbons (Fsp3) is 0.0909. The van der Waals surface area contributed by atoms with E-state index in [0.717, 1.165) is 22.3 Å². The molecule has 1 amide bonds. The van der Waals surface area contributed by atoms with Gasteiger partial charge in [0, 0.05) is 5.69 Å². The number of hydrogen-bond donors (Lipinski definition) is 2. The topological polar surface area (TPSA) is 66.4 Å². The standard InChI is InChI=1S/C22H20BNO3/c23-18-10-12-19(13-11-18)24-21(25)20(16-4-2-1-3-5-16)14-15-6-8-17(9-7-15)22(26)27/h1-13,20H,14,23H2,(H,24,25)(H,26,27)/t20-/m1/s1. The monoisotopic (exact) mass is 357 g/mol. The van der Waals surface area contributed by atoms with E-state index >= 15 is 0 Å². The Labute approximate surface area is 159 Å². The van der Waals surface area contributed by atoms with E-state index in [1.807, 2.05) is 62.4 Å².